The van der Waals surface area contributed by atoms with E-state index in [1.54, 1.807) is 12.3 Å². The predicted octanol–water partition coefficient (Wildman–Crippen LogP) is 4.02. The molecule has 0 fully saturated rings. The van der Waals surface area contributed by atoms with Gasteiger partial charge in [0.05, 0.1) is 21.3 Å². The SMILES string of the molecule is OC(c1ncc(Cl)cc1Cl)c1cccc2cccnc12. The second-order valence-electron chi connectivity index (χ2n) is 4.35. The first-order chi connectivity index (χ1) is 9.66. The molecule has 3 rings (SSSR count). The van der Waals surface area contributed by atoms with Crippen LogP contribution in [0.25, 0.3) is 10.9 Å². The highest BCUT2D eigenvalue weighted by Gasteiger charge is 2.18. The average molecular weight is 305 g/mol. The number of rotatable bonds is 2. The van der Waals surface area contributed by atoms with Crippen molar-refractivity contribution in [2.75, 3.05) is 0 Å². The van der Waals surface area contributed by atoms with Crippen LogP contribution in [0.15, 0.2) is 48.8 Å². The first-order valence-electron chi connectivity index (χ1n) is 5.99. The summed E-state index contributed by atoms with van der Waals surface area (Å²) in [6.45, 7) is 0. The van der Waals surface area contributed by atoms with Crippen molar-refractivity contribution in [1.82, 2.24) is 9.97 Å². The Bertz CT molecular complexity index is 771. The van der Waals surface area contributed by atoms with E-state index in [0.29, 0.717) is 21.3 Å². The van der Waals surface area contributed by atoms with Crippen molar-refractivity contribution in [2.45, 2.75) is 6.10 Å². The molecule has 0 aliphatic rings. The summed E-state index contributed by atoms with van der Waals surface area (Å²) in [5.74, 6) is 0. The lowest BCUT2D eigenvalue weighted by atomic mass is 10.0. The zero-order valence-electron chi connectivity index (χ0n) is 10.3. The molecule has 1 N–H and O–H groups in total. The summed E-state index contributed by atoms with van der Waals surface area (Å²) in [4.78, 5) is 8.44. The van der Waals surface area contributed by atoms with Crippen LogP contribution in [0.2, 0.25) is 10.0 Å². The third-order valence-electron chi connectivity index (χ3n) is 3.05. The first-order valence-corrected chi connectivity index (χ1v) is 6.75. The standard InChI is InChI=1S/C15H10Cl2N2O/c16-10-7-12(17)14(19-8-10)15(20)11-5-1-3-9-4-2-6-18-13(9)11/h1-8,15,20H. The van der Waals surface area contributed by atoms with Crippen molar-refractivity contribution >= 4 is 34.1 Å². The third-order valence-corrected chi connectivity index (χ3v) is 3.56. The predicted molar refractivity (Wildman–Crippen MR) is 80.1 cm³/mol. The van der Waals surface area contributed by atoms with Gasteiger partial charge in [-0.3, -0.25) is 9.97 Å². The maximum atomic E-state index is 10.5. The van der Waals surface area contributed by atoms with Gasteiger partial charge in [0.1, 0.15) is 6.10 Å². The number of benzene rings is 1. The Balaban J connectivity index is 2.15. The van der Waals surface area contributed by atoms with Gasteiger partial charge in [-0.25, -0.2) is 0 Å². The summed E-state index contributed by atoms with van der Waals surface area (Å²) in [6, 6.07) is 11.0. The molecule has 0 spiro atoms. The molecule has 0 saturated heterocycles. The van der Waals surface area contributed by atoms with Crippen molar-refractivity contribution in [1.29, 1.82) is 0 Å². The van der Waals surface area contributed by atoms with E-state index in [4.69, 9.17) is 23.2 Å². The van der Waals surface area contributed by atoms with Gasteiger partial charge in [-0.15, -0.1) is 0 Å². The maximum Gasteiger partial charge on any atom is 0.125 e. The second kappa shape index (κ2) is 5.37. The Hall–Kier alpha value is -1.68. The zero-order valence-corrected chi connectivity index (χ0v) is 11.8. The van der Waals surface area contributed by atoms with Gasteiger partial charge < -0.3 is 5.11 Å². The molecule has 1 atom stereocenters. The highest BCUT2D eigenvalue weighted by atomic mass is 35.5. The molecule has 1 aromatic carbocycles. The van der Waals surface area contributed by atoms with Crippen LogP contribution in [-0.2, 0) is 0 Å². The fourth-order valence-electron chi connectivity index (χ4n) is 2.12. The topological polar surface area (TPSA) is 46.0 Å². The van der Waals surface area contributed by atoms with Gasteiger partial charge in [0.15, 0.2) is 0 Å². The van der Waals surface area contributed by atoms with E-state index in [9.17, 15) is 5.11 Å². The van der Waals surface area contributed by atoms with Crippen molar-refractivity contribution in [2.24, 2.45) is 0 Å². The number of nitrogens with zero attached hydrogens (tertiary/aromatic N) is 2. The molecule has 0 amide bonds. The van der Waals surface area contributed by atoms with Crippen molar-refractivity contribution in [3.63, 3.8) is 0 Å². The van der Waals surface area contributed by atoms with Crippen LogP contribution in [0.4, 0.5) is 0 Å². The van der Waals surface area contributed by atoms with E-state index in [-0.39, 0.29) is 0 Å². The van der Waals surface area contributed by atoms with Gasteiger partial charge in [-0.05, 0) is 12.1 Å². The lowest BCUT2D eigenvalue weighted by Crippen LogP contribution is -2.04. The number of hydrogen-bond donors (Lipinski definition) is 1. The Morgan fingerprint density at radius 3 is 2.65 bits per heavy atom. The molecule has 0 saturated carbocycles. The Morgan fingerprint density at radius 1 is 1.05 bits per heavy atom. The quantitative estimate of drug-likeness (QED) is 0.778. The molecule has 3 nitrogen and oxygen atoms in total. The minimum absolute atomic E-state index is 0.331. The van der Waals surface area contributed by atoms with E-state index in [2.05, 4.69) is 9.97 Å². The lowest BCUT2D eigenvalue weighted by molar-refractivity contribution is 0.217. The van der Waals surface area contributed by atoms with Gasteiger partial charge in [-0.1, -0.05) is 47.5 Å². The normalized spacial score (nSPS) is 12.6. The Morgan fingerprint density at radius 2 is 1.85 bits per heavy atom. The van der Waals surface area contributed by atoms with Crippen molar-refractivity contribution in [3.05, 3.63) is 70.1 Å². The minimum Gasteiger partial charge on any atom is -0.382 e. The number of aliphatic hydroxyl groups is 1. The number of aliphatic hydroxyl groups excluding tert-OH is 1. The fraction of sp³-hybridized carbons (Fsp3) is 0.0667. The van der Waals surface area contributed by atoms with E-state index in [0.717, 1.165) is 10.9 Å². The summed E-state index contributed by atoms with van der Waals surface area (Å²) in [7, 11) is 0. The molecule has 1 unspecified atom stereocenters. The molecule has 2 aromatic heterocycles. The highest BCUT2D eigenvalue weighted by Crippen LogP contribution is 2.31. The molecule has 100 valence electrons. The van der Waals surface area contributed by atoms with Crippen LogP contribution in [0, 0.1) is 0 Å². The van der Waals surface area contributed by atoms with Crippen molar-refractivity contribution < 1.29 is 5.11 Å². The molecule has 0 aliphatic heterocycles. The maximum absolute atomic E-state index is 10.5. The molecule has 0 bridgehead atoms. The summed E-state index contributed by atoms with van der Waals surface area (Å²) in [5, 5.41) is 12.2. The molecule has 20 heavy (non-hydrogen) atoms. The van der Waals surface area contributed by atoms with Gasteiger partial charge >= 0.3 is 0 Å². The third kappa shape index (κ3) is 2.36. The number of halogens is 2. The number of hydrogen-bond acceptors (Lipinski definition) is 3. The van der Waals surface area contributed by atoms with Crippen LogP contribution in [0.3, 0.4) is 0 Å². The van der Waals surface area contributed by atoms with Crippen molar-refractivity contribution in [3.8, 4) is 0 Å². The van der Waals surface area contributed by atoms with Gasteiger partial charge in [0.25, 0.3) is 0 Å². The van der Waals surface area contributed by atoms with Crippen LogP contribution in [-0.4, -0.2) is 15.1 Å². The lowest BCUT2D eigenvalue weighted by Gasteiger charge is -2.14. The Kier molecular flexibility index (Phi) is 3.57. The van der Waals surface area contributed by atoms with E-state index < -0.39 is 6.10 Å². The number of para-hydroxylation sites is 1. The molecule has 3 aromatic rings. The zero-order chi connectivity index (χ0) is 14.1. The van der Waals surface area contributed by atoms with Crippen LogP contribution in [0.1, 0.15) is 17.4 Å². The highest BCUT2D eigenvalue weighted by molar-refractivity contribution is 6.34. The molecular formula is C15H10Cl2N2O. The molecule has 5 heteroatoms. The van der Waals surface area contributed by atoms with Crippen LogP contribution in [0.5, 0.6) is 0 Å². The second-order valence-corrected chi connectivity index (χ2v) is 5.19. The number of aromatic nitrogens is 2. The van der Waals surface area contributed by atoms with E-state index >= 15 is 0 Å². The largest absolute Gasteiger partial charge is 0.382 e. The van der Waals surface area contributed by atoms with Gasteiger partial charge in [-0.2, -0.15) is 0 Å². The summed E-state index contributed by atoms with van der Waals surface area (Å²) in [5.41, 5.74) is 1.77. The summed E-state index contributed by atoms with van der Waals surface area (Å²) < 4.78 is 0. The smallest absolute Gasteiger partial charge is 0.125 e. The summed E-state index contributed by atoms with van der Waals surface area (Å²) >= 11 is 11.9. The first kappa shape index (κ1) is 13.3. The summed E-state index contributed by atoms with van der Waals surface area (Å²) in [6.07, 6.45) is 2.21. The molecular weight excluding hydrogens is 295 g/mol. The molecule has 0 radical (unpaired) electrons. The molecule has 0 aliphatic carbocycles. The van der Waals surface area contributed by atoms with Crippen LogP contribution >= 0.6 is 23.2 Å². The number of pyridine rings is 2. The fourth-order valence-corrected chi connectivity index (χ4v) is 2.61. The monoisotopic (exact) mass is 304 g/mol. The minimum atomic E-state index is -0.946. The van der Waals surface area contributed by atoms with Crippen LogP contribution < -0.4 is 0 Å². The Labute approximate surface area is 125 Å². The van der Waals surface area contributed by atoms with Gasteiger partial charge in [0.2, 0.25) is 0 Å². The molecule has 2 heterocycles. The van der Waals surface area contributed by atoms with E-state index in [1.807, 2.05) is 30.3 Å². The average Bonchev–Trinajstić information content (AvgIpc) is 2.46. The van der Waals surface area contributed by atoms with Gasteiger partial charge in [0, 0.05) is 23.3 Å². The number of fused-ring (bicyclic) bond motifs is 1. The van der Waals surface area contributed by atoms with E-state index in [1.165, 1.54) is 6.20 Å².